The van der Waals surface area contributed by atoms with E-state index >= 15 is 0 Å². The second-order valence-electron chi connectivity index (χ2n) is 4.97. The fourth-order valence-corrected chi connectivity index (χ4v) is 2.30. The van der Waals surface area contributed by atoms with Crippen molar-refractivity contribution in [2.45, 2.75) is 19.4 Å². The molecule has 2 rings (SSSR count). The first kappa shape index (κ1) is 13.5. The van der Waals surface area contributed by atoms with Gasteiger partial charge in [0.1, 0.15) is 5.82 Å². The van der Waals surface area contributed by atoms with Crippen LogP contribution < -0.4 is 5.32 Å². The molecule has 1 aliphatic rings. The van der Waals surface area contributed by atoms with Gasteiger partial charge in [-0.15, -0.1) is 0 Å². The molecule has 100 valence electrons. The lowest BCUT2D eigenvalue weighted by molar-refractivity contribution is -0.0154. The average molecular weight is 253 g/mol. The monoisotopic (exact) mass is 253 g/mol. The highest BCUT2D eigenvalue weighted by molar-refractivity contribution is 5.16. The summed E-state index contributed by atoms with van der Waals surface area (Å²) >= 11 is 0. The molecule has 4 heteroatoms. The Bertz CT molecular complexity index is 378. The molecule has 1 aromatic rings. The summed E-state index contributed by atoms with van der Waals surface area (Å²) in [4.78, 5) is 0. The number of nitrogens with one attached hydrogen (secondary N) is 1. The lowest BCUT2D eigenvalue weighted by Crippen LogP contribution is -2.41. The lowest BCUT2D eigenvalue weighted by atomic mass is 9.81. The molecule has 0 radical (unpaired) electrons. The van der Waals surface area contributed by atoms with Crippen LogP contribution in [-0.4, -0.2) is 31.5 Å². The van der Waals surface area contributed by atoms with E-state index in [1.54, 1.807) is 12.1 Å². The molecule has 1 heterocycles. The van der Waals surface area contributed by atoms with Crippen molar-refractivity contribution in [2.24, 2.45) is 5.41 Å². The predicted octanol–water partition coefficient (Wildman–Crippen LogP) is 1.70. The second-order valence-corrected chi connectivity index (χ2v) is 4.97. The minimum absolute atomic E-state index is 0.108. The normalized spacial score (nSPS) is 18.8. The smallest absolute Gasteiger partial charge is 0.127 e. The molecule has 0 bridgehead atoms. The maximum atomic E-state index is 13.4. The van der Waals surface area contributed by atoms with Gasteiger partial charge < -0.3 is 15.2 Å². The molecule has 18 heavy (non-hydrogen) atoms. The predicted molar refractivity (Wildman–Crippen MR) is 67.7 cm³/mol. The molecule has 1 aliphatic heterocycles. The van der Waals surface area contributed by atoms with Crippen LogP contribution in [0.4, 0.5) is 4.39 Å². The molecule has 0 aromatic heterocycles. The summed E-state index contributed by atoms with van der Waals surface area (Å²) in [6.07, 6.45) is 1.71. The summed E-state index contributed by atoms with van der Waals surface area (Å²) in [6, 6.07) is 6.76. The van der Waals surface area contributed by atoms with Gasteiger partial charge in [-0.25, -0.2) is 4.39 Å². The van der Waals surface area contributed by atoms with Crippen molar-refractivity contribution >= 4 is 0 Å². The van der Waals surface area contributed by atoms with E-state index in [0.29, 0.717) is 31.9 Å². The van der Waals surface area contributed by atoms with Gasteiger partial charge in [0.25, 0.3) is 0 Å². The zero-order valence-corrected chi connectivity index (χ0v) is 10.5. The summed E-state index contributed by atoms with van der Waals surface area (Å²) < 4.78 is 18.7. The number of ether oxygens (including phenoxy) is 1. The Kier molecular flexibility index (Phi) is 4.69. The van der Waals surface area contributed by atoms with E-state index in [-0.39, 0.29) is 17.8 Å². The molecule has 0 amide bonds. The van der Waals surface area contributed by atoms with Crippen LogP contribution in [0.5, 0.6) is 0 Å². The van der Waals surface area contributed by atoms with E-state index in [9.17, 15) is 9.50 Å². The van der Waals surface area contributed by atoms with Crippen molar-refractivity contribution in [2.75, 3.05) is 26.4 Å². The molecule has 0 saturated carbocycles. The highest BCUT2D eigenvalue weighted by Gasteiger charge is 2.31. The molecule has 0 spiro atoms. The highest BCUT2D eigenvalue weighted by Crippen LogP contribution is 2.29. The van der Waals surface area contributed by atoms with Crippen molar-refractivity contribution in [3.05, 3.63) is 35.6 Å². The van der Waals surface area contributed by atoms with Crippen LogP contribution in [-0.2, 0) is 11.3 Å². The number of aliphatic hydroxyl groups excluding tert-OH is 1. The van der Waals surface area contributed by atoms with Crippen molar-refractivity contribution in [3.63, 3.8) is 0 Å². The Morgan fingerprint density at radius 3 is 2.67 bits per heavy atom. The van der Waals surface area contributed by atoms with Gasteiger partial charge in [-0.3, -0.25) is 0 Å². The molecule has 3 nitrogen and oxygen atoms in total. The first-order valence-electron chi connectivity index (χ1n) is 6.38. The van der Waals surface area contributed by atoms with Crippen LogP contribution in [0.1, 0.15) is 18.4 Å². The number of hydrogen-bond acceptors (Lipinski definition) is 3. The van der Waals surface area contributed by atoms with E-state index in [0.717, 1.165) is 12.8 Å². The number of rotatable bonds is 5. The van der Waals surface area contributed by atoms with E-state index < -0.39 is 0 Å². The maximum absolute atomic E-state index is 13.4. The number of hydrogen-bond donors (Lipinski definition) is 2. The first-order valence-corrected chi connectivity index (χ1v) is 6.38. The molecule has 1 saturated heterocycles. The van der Waals surface area contributed by atoms with E-state index in [4.69, 9.17) is 4.74 Å². The van der Waals surface area contributed by atoms with Gasteiger partial charge in [0.2, 0.25) is 0 Å². The lowest BCUT2D eigenvalue weighted by Gasteiger charge is -2.35. The fraction of sp³-hybridized carbons (Fsp3) is 0.571. The van der Waals surface area contributed by atoms with Crippen molar-refractivity contribution < 1.29 is 14.2 Å². The Balaban J connectivity index is 1.85. The highest BCUT2D eigenvalue weighted by atomic mass is 19.1. The Morgan fingerprint density at radius 1 is 1.28 bits per heavy atom. The largest absolute Gasteiger partial charge is 0.396 e. The number of aliphatic hydroxyl groups is 1. The molecule has 2 N–H and O–H groups in total. The topological polar surface area (TPSA) is 41.5 Å². The van der Waals surface area contributed by atoms with Crippen LogP contribution in [0, 0.1) is 11.2 Å². The average Bonchev–Trinajstić information content (AvgIpc) is 2.42. The van der Waals surface area contributed by atoms with Crippen LogP contribution in [0.2, 0.25) is 0 Å². The third-order valence-corrected chi connectivity index (χ3v) is 3.66. The van der Waals surface area contributed by atoms with Gasteiger partial charge >= 0.3 is 0 Å². The Labute approximate surface area is 107 Å². The quantitative estimate of drug-likeness (QED) is 0.839. The molecule has 1 fully saturated rings. The van der Waals surface area contributed by atoms with Gasteiger partial charge in [-0.05, 0) is 18.9 Å². The second kappa shape index (κ2) is 6.27. The third kappa shape index (κ3) is 3.28. The zero-order valence-electron chi connectivity index (χ0n) is 10.5. The molecular weight excluding hydrogens is 233 g/mol. The minimum atomic E-state index is -0.185. The molecule has 1 aromatic carbocycles. The summed E-state index contributed by atoms with van der Waals surface area (Å²) in [5.74, 6) is -0.185. The summed E-state index contributed by atoms with van der Waals surface area (Å²) in [7, 11) is 0. The van der Waals surface area contributed by atoms with Crippen LogP contribution in [0.15, 0.2) is 24.3 Å². The van der Waals surface area contributed by atoms with Crippen LogP contribution in [0.25, 0.3) is 0 Å². The molecule has 0 atom stereocenters. The third-order valence-electron chi connectivity index (χ3n) is 3.66. The van der Waals surface area contributed by atoms with Crippen molar-refractivity contribution in [3.8, 4) is 0 Å². The van der Waals surface area contributed by atoms with Crippen LogP contribution in [0.3, 0.4) is 0 Å². The first-order chi connectivity index (χ1) is 8.76. The number of halogens is 1. The molecule has 0 aliphatic carbocycles. The Hall–Kier alpha value is -0.970. The van der Waals surface area contributed by atoms with Gasteiger partial charge in [0.05, 0.1) is 6.61 Å². The van der Waals surface area contributed by atoms with E-state index in [2.05, 4.69) is 5.32 Å². The summed E-state index contributed by atoms with van der Waals surface area (Å²) in [6.45, 7) is 2.74. The number of benzene rings is 1. The standard InChI is InChI=1S/C14H20FNO2/c15-13-4-2-1-3-12(13)9-16-10-14(11-17)5-7-18-8-6-14/h1-4,16-17H,5-11H2. The summed E-state index contributed by atoms with van der Waals surface area (Å²) in [5.41, 5.74) is 0.557. The van der Waals surface area contributed by atoms with Crippen molar-refractivity contribution in [1.82, 2.24) is 5.32 Å². The SMILES string of the molecule is OCC1(CNCc2ccccc2F)CCOCC1. The fourth-order valence-electron chi connectivity index (χ4n) is 2.30. The Morgan fingerprint density at radius 2 is 2.00 bits per heavy atom. The van der Waals surface area contributed by atoms with Gasteiger partial charge in [0, 0.05) is 37.3 Å². The van der Waals surface area contributed by atoms with Crippen LogP contribution >= 0.6 is 0 Å². The zero-order chi connectivity index (χ0) is 12.8. The molecule has 0 unspecified atom stereocenters. The molecular formula is C14H20FNO2. The van der Waals surface area contributed by atoms with E-state index in [1.807, 2.05) is 6.07 Å². The van der Waals surface area contributed by atoms with Gasteiger partial charge in [-0.2, -0.15) is 0 Å². The van der Waals surface area contributed by atoms with Crippen molar-refractivity contribution in [1.29, 1.82) is 0 Å². The van der Waals surface area contributed by atoms with Gasteiger partial charge in [-0.1, -0.05) is 18.2 Å². The van der Waals surface area contributed by atoms with E-state index in [1.165, 1.54) is 6.07 Å². The summed E-state index contributed by atoms with van der Waals surface area (Å²) in [5, 5.41) is 12.8. The minimum Gasteiger partial charge on any atom is -0.396 e. The maximum Gasteiger partial charge on any atom is 0.127 e. The van der Waals surface area contributed by atoms with Gasteiger partial charge in [0.15, 0.2) is 0 Å².